The second-order valence-electron chi connectivity index (χ2n) is 6.35. The molecule has 0 heterocycles. The van der Waals surface area contributed by atoms with Crippen molar-refractivity contribution in [2.75, 3.05) is 13.6 Å². The Bertz CT molecular complexity index is 921. The van der Waals surface area contributed by atoms with Crippen molar-refractivity contribution in [1.29, 1.82) is 0 Å². The molecule has 0 bridgehead atoms. The molecule has 0 aliphatic carbocycles. The molecule has 1 unspecified atom stereocenters. The molecular weight excluding hydrogens is 387 g/mol. The third-order valence-corrected chi connectivity index (χ3v) is 4.24. The minimum absolute atomic E-state index is 0.0399. The van der Waals surface area contributed by atoms with Crippen molar-refractivity contribution < 1.29 is 27.6 Å². The van der Waals surface area contributed by atoms with Crippen LogP contribution in [0.4, 0.5) is 13.2 Å². The number of carbonyl (C=O) groups is 3. The summed E-state index contributed by atoms with van der Waals surface area (Å²) in [5.74, 6) is -4.34. The van der Waals surface area contributed by atoms with Crippen molar-refractivity contribution in [3.8, 4) is 0 Å². The first-order valence-electron chi connectivity index (χ1n) is 8.74. The molecule has 6 nitrogen and oxygen atoms in total. The molecule has 0 spiro atoms. The Balaban J connectivity index is 1.90. The summed E-state index contributed by atoms with van der Waals surface area (Å²) in [5, 5.41) is 2.43. The Morgan fingerprint density at radius 1 is 1.07 bits per heavy atom. The van der Waals surface area contributed by atoms with Crippen LogP contribution in [0.25, 0.3) is 0 Å². The van der Waals surface area contributed by atoms with E-state index in [0.717, 1.165) is 23.1 Å². The molecule has 0 aliphatic heterocycles. The lowest BCUT2D eigenvalue weighted by molar-refractivity contribution is -0.138. The molecule has 0 radical (unpaired) electrons. The molecule has 29 heavy (non-hydrogen) atoms. The molecule has 1 atom stereocenters. The molecule has 2 aromatic carbocycles. The Morgan fingerprint density at radius 3 is 2.38 bits per heavy atom. The molecule has 0 fully saturated rings. The Hall–Kier alpha value is -3.36. The van der Waals surface area contributed by atoms with E-state index in [9.17, 15) is 27.6 Å². The van der Waals surface area contributed by atoms with Gasteiger partial charge in [-0.2, -0.15) is 0 Å². The van der Waals surface area contributed by atoms with E-state index in [2.05, 4.69) is 5.32 Å². The van der Waals surface area contributed by atoms with E-state index >= 15 is 0 Å². The van der Waals surface area contributed by atoms with E-state index in [1.165, 1.54) is 25.2 Å². The summed E-state index contributed by atoms with van der Waals surface area (Å²) in [4.78, 5) is 37.2. The smallest absolute Gasteiger partial charge is 0.254 e. The zero-order valence-electron chi connectivity index (χ0n) is 15.6. The van der Waals surface area contributed by atoms with Crippen molar-refractivity contribution in [3.63, 3.8) is 0 Å². The number of rotatable bonds is 8. The van der Waals surface area contributed by atoms with E-state index in [1.54, 1.807) is 0 Å². The van der Waals surface area contributed by atoms with Crippen LogP contribution < -0.4 is 11.1 Å². The van der Waals surface area contributed by atoms with Gasteiger partial charge in [0.15, 0.2) is 0 Å². The van der Waals surface area contributed by atoms with Gasteiger partial charge in [0.1, 0.15) is 23.5 Å². The van der Waals surface area contributed by atoms with Crippen molar-refractivity contribution in [1.82, 2.24) is 10.2 Å². The predicted octanol–water partition coefficient (Wildman–Crippen LogP) is 2.30. The molecule has 0 aliphatic rings. The van der Waals surface area contributed by atoms with Crippen LogP contribution in [0.15, 0.2) is 42.5 Å². The van der Waals surface area contributed by atoms with Crippen LogP contribution in [0, 0.1) is 17.5 Å². The van der Waals surface area contributed by atoms with Crippen LogP contribution in [0.5, 0.6) is 0 Å². The second-order valence-corrected chi connectivity index (χ2v) is 6.35. The topological polar surface area (TPSA) is 92.5 Å². The average molecular weight is 407 g/mol. The molecule has 2 aromatic rings. The minimum Gasteiger partial charge on any atom is -0.368 e. The van der Waals surface area contributed by atoms with Crippen LogP contribution in [-0.4, -0.2) is 36.2 Å². The van der Waals surface area contributed by atoms with E-state index < -0.39 is 41.2 Å². The lowest BCUT2D eigenvalue weighted by atomic mass is 10.0. The molecule has 0 saturated heterocycles. The maximum Gasteiger partial charge on any atom is 0.254 e. The van der Waals surface area contributed by atoms with Crippen molar-refractivity contribution in [3.05, 3.63) is 71.0 Å². The van der Waals surface area contributed by atoms with Gasteiger partial charge in [0.05, 0.1) is 5.56 Å². The Labute approximate surface area is 165 Å². The number of primary amides is 1. The maximum absolute atomic E-state index is 13.6. The quantitative estimate of drug-likeness (QED) is 0.658. The monoisotopic (exact) mass is 407 g/mol. The highest BCUT2D eigenvalue weighted by atomic mass is 19.1. The summed E-state index contributed by atoms with van der Waals surface area (Å²) < 4.78 is 39.9. The molecule has 0 saturated carbocycles. The fourth-order valence-corrected chi connectivity index (χ4v) is 2.79. The van der Waals surface area contributed by atoms with Gasteiger partial charge in [-0.25, -0.2) is 13.2 Å². The van der Waals surface area contributed by atoms with E-state index in [4.69, 9.17) is 5.73 Å². The van der Waals surface area contributed by atoms with Crippen LogP contribution in [0.2, 0.25) is 0 Å². The summed E-state index contributed by atoms with van der Waals surface area (Å²) in [6.07, 6.45) is 0.161. The third kappa shape index (κ3) is 5.81. The zero-order valence-corrected chi connectivity index (χ0v) is 15.6. The number of halogens is 3. The molecule has 3 amide bonds. The first-order valence-corrected chi connectivity index (χ1v) is 8.74. The van der Waals surface area contributed by atoms with Gasteiger partial charge in [0.2, 0.25) is 11.8 Å². The minimum atomic E-state index is -1.14. The fraction of sp³-hybridized carbons (Fsp3) is 0.250. The Kier molecular flexibility index (Phi) is 7.35. The number of hydrogen-bond acceptors (Lipinski definition) is 3. The number of nitrogens with zero attached hydrogens (tertiary/aromatic N) is 1. The van der Waals surface area contributed by atoms with E-state index in [1.807, 2.05) is 0 Å². The molecule has 2 rings (SSSR count). The van der Waals surface area contributed by atoms with Crippen LogP contribution in [0.1, 0.15) is 34.8 Å². The highest BCUT2D eigenvalue weighted by Gasteiger charge is 2.26. The van der Waals surface area contributed by atoms with Crippen LogP contribution in [-0.2, 0) is 9.59 Å². The summed E-state index contributed by atoms with van der Waals surface area (Å²) in [6.45, 7) is 0.0520. The van der Waals surface area contributed by atoms with Gasteiger partial charge in [0.25, 0.3) is 5.91 Å². The average Bonchev–Trinajstić information content (AvgIpc) is 2.64. The highest BCUT2D eigenvalue weighted by Crippen LogP contribution is 2.21. The number of amides is 3. The summed E-state index contributed by atoms with van der Waals surface area (Å²) in [7, 11) is 1.37. The summed E-state index contributed by atoms with van der Waals surface area (Å²) in [5.41, 5.74) is 5.30. The number of benzene rings is 2. The molecule has 3 N–H and O–H groups in total. The largest absolute Gasteiger partial charge is 0.368 e. The van der Waals surface area contributed by atoms with Crippen molar-refractivity contribution in [2.45, 2.75) is 18.9 Å². The Morgan fingerprint density at radius 2 is 1.76 bits per heavy atom. The summed E-state index contributed by atoms with van der Waals surface area (Å²) >= 11 is 0. The molecule has 9 heteroatoms. The SMILES string of the molecule is CN(C(=O)CCCNC(=O)c1ccc(F)cc1F)C(C(N)=O)c1cccc(F)c1. The van der Waals surface area contributed by atoms with Crippen molar-refractivity contribution in [2.24, 2.45) is 5.73 Å². The van der Waals surface area contributed by atoms with Crippen LogP contribution in [0.3, 0.4) is 0 Å². The van der Waals surface area contributed by atoms with Gasteiger partial charge in [-0.15, -0.1) is 0 Å². The lowest BCUT2D eigenvalue weighted by Crippen LogP contribution is -2.39. The molecular formula is C20H20F3N3O3. The predicted molar refractivity (Wildman–Crippen MR) is 99.0 cm³/mol. The zero-order chi connectivity index (χ0) is 21.6. The molecule has 154 valence electrons. The lowest BCUT2D eigenvalue weighted by Gasteiger charge is -2.26. The first kappa shape index (κ1) is 21.9. The van der Waals surface area contributed by atoms with Gasteiger partial charge in [0, 0.05) is 26.1 Å². The normalized spacial score (nSPS) is 11.6. The number of carbonyl (C=O) groups excluding carboxylic acids is 3. The summed E-state index contributed by atoms with van der Waals surface area (Å²) in [6, 6.07) is 6.67. The number of hydrogen-bond donors (Lipinski definition) is 2. The number of likely N-dealkylation sites (N-methyl/N-ethyl adjacent to an activating group) is 1. The van der Waals surface area contributed by atoms with Gasteiger partial charge in [-0.1, -0.05) is 12.1 Å². The second kappa shape index (κ2) is 9.72. The first-order chi connectivity index (χ1) is 13.7. The van der Waals surface area contributed by atoms with Gasteiger partial charge < -0.3 is 16.0 Å². The number of nitrogens with two attached hydrogens (primary N) is 1. The third-order valence-electron chi connectivity index (χ3n) is 4.24. The van der Waals surface area contributed by atoms with E-state index in [0.29, 0.717) is 6.07 Å². The van der Waals surface area contributed by atoms with Crippen LogP contribution >= 0.6 is 0 Å². The molecule has 0 aromatic heterocycles. The fourth-order valence-electron chi connectivity index (χ4n) is 2.79. The van der Waals surface area contributed by atoms with Gasteiger partial charge in [-0.05, 0) is 36.2 Å². The maximum atomic E-state index is 13.6. The van der Waals surface area contributed by atoms with Gasteiger partial charge >= 0.3 is 0 Å². The number of nitrogens with one attached hydrogen (secondary N) is 1. The highest BCUT2D eigenvalue weighted by molar-refractivity contribution is 5.94. The van der Waals surface area contributed by atoms with E-state index in [-0.39, 0.29) is 30.5 Å². The van der Waals surface area contributed by atoms with Gasteiger partial charge in [-0.3, -0.25) is 14.4 Å². The van der Waals surface area contributed by atoms with Crippen molar-refractivity contribution >= 4 is 17.7 Å². The standard InChI is InChI=1S/C20H20F3N3O3/c1-26(18(19(24)28)12-4-2-5-13(21)10-12)17(27)6-3-9-25-20(29)15-8-7-14(22)11-16(15)23/h2,4-5,7-8,10-11,18H,3,6,9H2,1H3,(H2,24,28)(H,25,29).